The van der Waals surface area contributed by atoms with Gasteiger partial charge >= 0.3 is 0 Å². The van der Waals surface area contributed by atoms with Gasteiger partial charge in [-0.1, -0.05) is 23.7 Å². The molecule has 3 aromatic rings. The van der Waals surface area contributed by atoms with Crippen molar-refractivity contribution in [1.82, 2.24) is 9.88 Å². The molecule has 4 rings (SSSR count). The summed E-state index contributed by atoms with van der Waals surface area (Å²) in [5.74, 6) is 1.25. The van der Waals surface area contributed by atoms with Gasteiger partial charge in [0.1, 0.15) is 23.4 Å². The molecule has 1 fully saturated rings. The molecule has 1 amide bonds. The van der Waals surface area contributed by atoms with Crippen LogP contribution >= 0.6 is 11.6 Å². The zero-order valence-electron chi connectivity index (χ0n) is 15.7. The zero-order chi connectivity index (χ0) is 20.2. The highest BCUT2D eigenvalue weighted by molar-refractivity contribution is 6.30. The van der Waals surface area contributed by atoms with Crippen LogP contribution in [0.5, 0.6) is 5.75 Å². The molecule has 0 bridgehead atoms. The van der Waals surface area contributed by atoms with Gasteiger partial charge in [-0.15, -0.1) is 0 Å². The molecule has 1 aromatic heterocycles. The minimum atomic E-state index is -0.346. The number of nitrogens with zero attached hydrogens (tertiary/aromatic N) is 2. The van der Waals surface area contributed by atoms with Crippen molar-refractivity contribution in [1.29, 1.82) is 0 Å². The van der Waals surface area contributed by atoms with Crippen molar-refractivity contribution in [2.45, 2.75) is 25.3 Å². The molecule has 7 heteroatoms. The molecule has 150 valence electrons. The van der Waals surface area contributed by atoms with Crippen molar-refractivity contribution >= 4 is 17.5 Å². The Kier molecular flexibility index (Phi) is 5.81. The van der Waals surface area contributed by atoms with Crippen molar-refractivity contribution in [2.24, 2.45) is 0 Å². The van der Waals surface area contributed by atoms with Crippen LogP contribution in [0.2, 0.25) is 5.02 Å². The molecule has 0 saturated carbocycles. The molecule has 0 radical (unpaired) electrons. The molecule has 0 N–H and O–H groups in total. The number of carbonyl (C=O) groups excluding carboxylic acids is 1. The average Bonchev–Trinajstić information content (AvgIpc) is 3.38. The largest absolute Gasteiger partial charge is 0.484 e. The highest BCUT2D eigenvalue weighted by Gasteiger charge is 2.33. The van der Waals surface area contributed by atoms with Crippen LogP contribution in [0, 0.1) is 5.82 Å². The number of likely N-dealkylation sites (tertiary alicyclic amines) is 1. The van der Waals surface area contributed by atoms with Gasteiger partial charge in [-0.05, 0) is 54.8 Å². The Hall–Kier alpha value is -2.86. The molecular weight excluding hydrogens is 395 g/mol. The van der Waals surface area contributed by atoms with Crippen LogP contribution in [-0.2, 0) is 11.2 Å². The Morgan fingerprint density at radius 1 is 1.21 bits per heavy atom. The summed E-state index contributed by atoms with van der Waals surface area (Å²) in [6.07, 6.45) is 3.99. The first-order chi connectivity index (χ1) is 14.1. The molecule has 2 heterocycles. The molecule has 1 atom stereocenters. The summed E-state index contributed by atoms with van der Waals surface area (Å²) in [5, 5.41) is 0.690. The second kappa shape index (κ2) is 8.66. The summed E-state index contributed by atoms with van der Waals surface area (Å²) >= 11 is 5.92. The van der Waals surface area contributed by atoms with E-state index >= 15 is 0 Å². The van der Waals surface area contributed by atoms with E-state index in [1.165, 1.54) is 24.3 Å². The van der Waals surface area contributed by atoms with Crippen LogP contribution in [0.15, 0.2) is 59.1 Å². The number of rotatable bonds is 6. The molecule has 0 spiro atoms. The van der Waals surface area contributed by atoms with E-state index in [0.29, 0.717) is 29.6 Å². The highest BCUT2D eigenvalue weighted by atomic mass is 35.5. The number of oxazole rings is 1. The molecular formula is C22H20ClFN2O3. The van der Waals surface area contributed by atoms with Crippen molar-refractivity contribution in [2.75, 3.05) is 13.2 Å². The lowest BCUT2D eigenvalue weighted by Crippen LogP contribution is -2.34. The Bertz CT molecular complexity index is 972. The highest BCUT2D eigenvalue weighted by Crippen LogP contribution is 2.32. The van der Waals surface area contributed by atoms with Gasteiger partial charge in [-0.2, -0.15) is 0 Å². The van der Waals surface area contributed by atoms with Gasteiger partial charge in [0.15, 0.2) is 6.61 Å². The quantitative estimate of drug-likeness (QED) is 0.581. The normalized spacial score (nSPS) is 16.2. The van der Waals surface area contributed by atoms with Crippen LogP contribution < -0.4 is 4.74 Å². The lowest BCUT2D eigenvalue weighted by atomic mass is 10.1. The minimum Gasteiger partial charge on any atom is -0.484 e. The number of hydrogen-bond acceptors (Lipinski definition) is 4. The Labute approximate surface area is 173 Å². The van der Waals surface area contributed by atoms with E-state index in [1.54, 1.807) is 11.1 Å². The van der Waals surface area contributed by atoms with E-state index < -0.39 is 0 Å². The first-order valence-corrected chi connectivity index (χ1v) is 9.83. The van der Waals surface area contributed by atoms with Crippen molar-refractivity contribution in [3.63, 3.8) is 0 Å². The number of aromatic nitrogens is 1. The van der Waals surface area contributed by atoms with Gasteiger partial charge in [0.05, 0.1) is 6.20 Å². The minimum absolute atomic E-state index is 0.111. The van der Waals surface area contributed by atoms with E-state index in [4.69, 9.17) is 20.8 Å². The monoisotopic (exact) mass is 414 g/mol. The number of amides is 1. The van der Waals surface area contributed by atoms with Gasteiger partial charge < -0.3 is 14.1 Å². The fourth-order valence-corrected chi connectivity index (χ4v) is 3.57. The smallest absolute Gasteiger partial charge is 0.261 e. The number of carbonyl (C=O) groups is 1. The lowest BCUT2D eigenvalue weighted by molar-refractivity contribution is -0.134. The third-order valence-corrected chi connectivity index (χ3v) is 5.15. The molecule has 1 aliphatic heterocycles. The van der Waals surface area contributed by atoms with Gasteiger partial charge in [-0.3, -0.25) is 4.79 Å². The molecule has 1 aliphatic rings. The molecule has 5 nitrogen and oxygen atoms in total. The van der Waals surface area contributed by atoms with Crippen LogP contribution in [-0.4, -0.2) is 28.9 Å². The van der Waals surface area contributed by atoms with Gasteiger partial charge in [0.25, 0.3) is 5.91 Å². The van der Waals surface area contributed by atoms with E-state index in [0.717, 1.165) is 24.2 Å². The van der Waals surface area contributed by atoms with E-state index in [9.17, 15) is 9.18 Å². The fraction of sp³-hybridized carbons (Fsp3) is 0.273. The number of benzene rings is 2. The summed E-state index contributed by atoms with van der Waals surface area (Å²) in [4.78, 5) is 18.8. The maximum atomic E-state index is 13.0. The second-order valence-electron chi connectivity index (χ2n) is 6.96. The van der Waals surface area contributed by atoms with E-state index in [2.05, 4.69) is 4.98 Å². The molecule has 29 heavy (non-hydrogen) atoms. The SMILES string of the molecule is O=C(COc1ccc(F)cc1)N1CCCC1c1ncc(Cc2ccc(Cl)cc2)o1. The number of hydrogen-bond donors (Lipinski definition) is 0. The molecule has 1 saturated heterocycles. The first kappa shape index (κ1) is 19.5. The third kappa shape index (κ3) is 4.77. The lowest BCUT2D eigenvalue weighted by Gasteiger charge is -2.22. The Balaban J connectivity index is 1.38. The van der Waals surface area contributed by atoms with E-state index in [-0.39, 0.29) is 24.4 Å². The van der Waals surface area contributed by atoms with Crippen LogP contribution in [0.4, 0.5) is 4.39 Å². The summed E-state index contributed by atoms with van der Waals surface area (Å²) in [6.45, 7) is 0.519. The number of halogens is 2. The standard InChI is InChI=1S/C22H20ClFN2O3/c23-16-5-3-15(4-6-16)12-19-13-25-22(29-19)20-2-1-11-26(20)21(27)14-28-18-9-7-17(24)8-10-18/h3-10,13,20H,1-2,11-12,14H2. The summed E-state index contributed by atoms with van der Waals surface area (Å²) in [6, 6.07) is 13.0. The molecule has 2 aromatic carbocycles. The van der Waals surface area contributed by atoms with Crippen molar-refractivity contribution in [3.8, 4) is 5.75 Å². The summed E-state index contributed by atoms with van der Waals surface area (Å²) in [7, 11) is 0. The van der Waals surface area contributed by atoms with E-state index in [1.807, 2.05) is 24.3 Å². The third-order valence-electron chi connectivity index (χ3n) is 4.90. The van der Waals surface area contributed by atoms with Gasteiger partial charge in [0, 0.05) is 18.0 Å². The average molecular weight is 415 g/mol. The molecule has 1 unspecified atom stereocenters. The molecule has 0 aliphatic carbocycles. The zero-order valence-corrected chi connectivity index (χ0v) is 16.4. The maximum absolute atomic E-state index is 13.0. The topological polar surface area (TPSA) is 55.6 Å². The fourth-order valence-electron chi connectivity index (χ4n) is 3.44. The maximum Gasteiger partial charge on any atom is 0.261 e. The Morgan fingerprint density at radius 3 is 2.72 bits per heavy atom. The van der Waals surface area contributed by atoms with Crippen molar-refractivity contribution < 1.29 is 18.3 Å². The summed E-state index contributed by atoms with van der Waals surface area (Å²) in [5.41, 5.74) is 1.07. The summed E-state index contributed by atoms with van der Waals surface area (Å²) < 4.78 is 24.4. The van der Waals surface area contributed by atoms with Gasteiger partial charge in [0.2, 0.25) is 5.89 Å². The van der Waals surface area contributed by atoms with Crippen LogP contribution in [0.3, 0.4) is 0 Å². The Morgan fingerprint density at radius 2 is 1.97 bits per heavy atom. The van der Waals surface area contributed by atoms with Crippen LogP contribution in [0.25, 0.3) is 0 Å². The van der Waals surface area contributed by atoms with Crippen molar-refractivity contribution in [3.05, 3.63) is 82.8 Å². The predicted molar refractivity (Wildman–Crippen MR) is 106 cm³/mol. The number of ether oxygens (including phenoxy) is 1. The van der Waals surface area contributed by atoms with Gasteiger partial charge in [-0.25, -0.2) is 9.37 Å². The first-order valence-electron chi connectivity index (χ1n) is 9.45. The van der Waals surface area contributed by atoms with Crippen LogP contribution in [0.1, 0.15) is 36.1 Å². The predicted octanol–water partition coefficient (Wildman–Crippen LogP) is 4.80. The second-order valence-corrected chi connectivity index (χ2v) is 7.39.